The van der Waals surface area contributed by atoms with E-state index in [1.165, 1.54) is 0 Å². The summed E-state index contributed by atoms with van der Waals surface area (Å²) < 4.78 is 5.29. The molecule has 4 heteroatoms. The molecular weight excluding hydrogens is 176 g/mol. The Bertz CT molecular complexity index is 410. The van der Waals surface area contributed by atoms with Crippen LogP contribution in [-0.4, -0.2) is 12.0 Å². The number of aromatic nitrogens is 1. The molecule has 0 bridgehead atoms. The molecule has 1 N–H and O–H groups in total. The van der Waals surface area contributed by atoms with E-state index in [-0.39, 0.29) is 0 Å². The van der Waals surface area contributed by atoms with Crippen LogP contribution in [-0.2, 0) is 0 Å². The maximum absolute atomic E-state index is 5.77. The van der Waals surface area contributed by atoms with Crippen molar-refractivity contribution < 1.29 is 4.42 Å². The molecule has 0 spiro atoms. The van der Waals surface area contributed by atoms with E-state index in [0.717, 1.165) is 11.1 Å². The second-order valence-electron chi connectivity index (χ2n) is 2.38. The Morgan fingerprint density at radius 2 is 2.33 bits per heavy atom. The first kappa shape index (κ1) is 7.43. The molecule has 0 unspecified atom stereocenters. The third-order valence-corrected chi connectivity index (χ3v) is 1.80. The number of hydrogen-bond acceptors (Lipinski definition) is 3. The van der Waals surface area contributed by atoms with Crippen LogP contribution >= 0.6 is 11.6 Å². The molecule has 1 heterocycles. The van der Waals surface area contributed by atoms with Crippen molar-refractivity contribution in [2.24, 2.45) is 0 Å². The highest BCUT2D eigenvalue weighted by Crippen LogP contribution is 2.21. The van der Waals surface area contributed by atoms with Gasteiger partial charge in [-0.25, -0.2) is 0 Å². The largest absolute Gasteiger partial charge is 0.424 e. The summed E-state index contributed by atoms with van der Waals surface area (Å²) in [6.45, 7) is 0. The van der Waals surface area contributed by atoms with E-state index in [4.69, 9.17) is 16.0 Å². The monoisotopic (exact) mass is 182 g/mol. The van der Waals surface area contributed by atoms with Crippen LogP contribution in [0.25, 0.3) is 11.1 Å². The smallest absolute Gasteiger partial charge is 0.295 e. The van der Waals surface area contributed by atoms with Crippen LogP contribution in [0.4, 0.5) is 6.01 Å². The Kier molecular flexibility index (Phi) is 1.66. The third-order valence-electron chi connectivity index (χ3n) is 1.56. The third kappa shape index (κ3) is 1.12. The fourth-order valence-electron chi connectivity index (χ4n) is 1.01. The molecular formula is C8H7ClN2O. The minimum absolute atomic E-state index is 0.507. The Morgan fingerprint density at radius 3 is 3.08 bits per heavy atom. The quantitative estimate of drug-likeness (QED) is 0.737. The Hall–Kier alpha value is -1.22. The van der Waals surface area contributed by atoms with Crippen molar-refractivity contribution in [1.82, 2.24) is 4.98 Å². The molecule has 12 heavy (non-hydrogen) atoms. The van der Waals surface area contributed by atoms with Gasteiger partial charge in [0.2, 0.25) is 0 Å². The normalized spacial score (nSPS) is 10.5. The van der Waals surface area contributed by atoms with Gasteiger partial charge in [-0.1, -0.05) is 11.6 Å². The lowest BCUT2D eigenvalue weighted by Crippen LogP contribution is -1.85. The van der Waals surface area contributed by atoms with Gasteiger partial charge in [-0.2, -0.15) is 4.98 Å². The highest BCUT2D eigenvalue weighted by Gasteiger charge is 2.02. The molecule has 2 aromatic rings. The molecule has 3 nitrogen and oxygen atoms in total. The minimum atomic E-state index is 0.507. The number of nitrogens with one attached hydrogen (secondary N) is 1. The number of anilines is 1. The lowest BCUT2D eigenvalue weighted by atomic mass is 10.3. The van der Waals surface area contributed by atoms with Gasteiger partial charge >= 0.3 is 0 Å². The van der Waals surface area contributed by atoms with Crippen LogP contribution in [0.1, 0.15) is 0 Å². The van der Waals surface area contributed by atoms with Gasteiger partial charge in [0.15, 0.2) is 5.58 Å². The molecule has 0 atom stereocenters. The van der Waals surface area contributed by atoms with Crippen LogP contribution in [0.3, 0.4) is 0 Å². The molecule has 0 saturated heterocycles. The van der Waals surface area contributed by atoms with Crippen molar-refractivity contribution >= 4 is 28.7 Å². The number of halogens is 1. The van der Waals surface area contributed by atoms with E-state index >= 15 is 0 Å². The zero-order valence-electron chi connectivity index (χ0n) is 6.47. The summed E-state index contributed by atoms with van der Waals surface area (Å²) in [5.74, 6) is 0. The fourth-order valence-corrected chi connectivity index (χ4v) is 1.17. The average molecular weight is 183 g/mol. The van der Waals surface area contributed by atoms with Crippen molar-refractivity contribution in [3.63, 3.8) is 0 Å². The summed E-state index contributed by atoms with van der Waals surface area (Å²) in [6.07, 6.45) is 0. The zero-order chi connectivity index (χ0) is 8.55. The Morgan fingerprint density at radius 1 is 1.50 bits per heavy atom. The first-order valence-corrected chi connectivity index (χ1v) is 3.91. The van der Waals surface area contributed by atoms with E-state index in [9.17, 15) is 0 Å². The van der Waals surface area contributed by atoms with E-state index in [0.29, 0.717) is 11.0 Å². The van der Waals surface area contributed by atoms with E-state index in [1.807, 2.05) is 0 Å². The molecule has 0 amide bonds. The molecule has 0 aliphatic rings. The first-order chi connectivity index (χ1) is 5.79. The number of nitrogens with zero attached hydrogens (tertiary/aromatic N) is 1. The molecule has 1 aromatic heterocycles. The summed E-state index contributed by atoms with van der Waals surface area (Å²) in [7, 11) is 1.76. The molecule has 0 aliphatic heterocycles. The predicted molar refractivity (Wildman–Crippen MR) is 48.6 cm³/mol. The van der Waals surface area contributed by atoms with Crippen LogP contribution in [0.5, 0.6) is 0 Å². The molecule has 0 fully saturated rings. The fraction of sp³-hybridized carbons (Fsp3) is 0.125. The van der Waals surface area contributed by atoms with Crippen molar-refractivity contribution in [3.05, 3.63) is 23.2 Å². The molecule has 0 aliphatic carbocycles. The van der Waals surface area contributed by atoms with Gasteiger partial charge in [0.1, 0.15) is 5.52 Å². The summed E-state index contributed by atoms with van der Waals surface area (Å²) in [5, 5.41) is 3.48. The van der Waals surface area contributed by atoms with Gasteiger partial charge in [0, 0.05) is 12.1 Å². The van der Waals surface area contributed by atoms with Gasteiger partial charge in [-0.15, -0.1) is 0 Å². The van der Waals surface area contributed by atoms with Crippen LogP contribution < -0.4 is 5.32 Å². The predicted octanol–water partition coefficient (Wildman–Crippen LogP) is 2.52. The molecule has 62 valence electrons. The SMILES string of the molecule is CNc1nc2cc(Cl)ccc2o1. The van der Waals surface area contributed by atoms with E-state index < -0.39 is 0 Å². The molecule has 2 rings (SSSR count). The van der Waals surface area contributed by atoms with Gasteiger partial charge in [-0.3, -0.25) is 0 Å². The van der Waals surface area contributed by atoms with Crippen LogP contribution in [0.15, 0.2) is 22.6 Å². The standard InChI is InChI=1S/C8H7ClN2O/c1-10-8-11-6-4-5(9)2-3-7(6)12-8/h2-4H,1H3,(H,10,11). The number of benzene rings is 1. The maximum Gasteiger partial charge on any atom is 0.295 e. The summed E-state index contributed by atoms with van der Waals surface area (Å²) in [5.41, 5.74) is 1.51. The lowest BCUT2D eigenvalue weighted by molar-refractivity contribution is 0.620. The maximum atomic E-state index is 5.77. The minimum Gasteiger partial charge on any atom is -0.424 e. The van der Waals surface area contributed by atoms with Crippen LogP contribution in [0, 0.1) is 0 Å². The number of fused-ring (bicyclic) bond motifs is 1. The molecule has 0 radical (unpaired) electrons. The second kappa shape index (κ2) is 2.68. The highest BCUT2D eigenvalue weighted by molar-refractivity contribution is 6.31. The van der Waals surface area contributed by atoms with Crippen molar-refractivity contribution in [3.8, 4) is 0 Å². The van der Waals surface area contributed by atoms with Gasteiger partial charge in [0.05, 0.1) is 0 Å². The summed E-state index contributed by atoms with van der Waals surface area (Å²) >= 11 is 5.77. The van der Waals surface area contributed by atoms with Crippen molar-refractivity contribution in [2.75, 3.05) is 12.4 Å². The van der Waals surface area contributed by atoms with E-state index in [1.54, 1.807) is 25.2 Å². The summed E-state index contributed by atoms with van der Waals surface area (Å²) in [4.78, 5) is 4.13. The van der Waals surface area contributed by atoms with E-state index in [2.05, 4.69) is 10.3 Å². The topological polar surface area (TPSA) is 38.1 Å². The van der Waals surface area contributed by atoms with Crippen molar-refractivity contribution in [2.45, 2.75) is 0 Å². The van der Waals surface area contributed by atoms with Gasteiger partial charge in [0.25, 0.3) is 6.01 Å². The van der Waals surface area contributed by atoms with Gasteiger partial charge < -0.3 is 9.73 Å². The zero-order valence-corrected chi connectivity index (χ0v) is 7.22. The Labute approximate surface area is 74.3 Å². The lowest BCUT2D eigenvalue weighted by Gasteiger charge is -1.85. The average Bonchev–Trinajstić information content (AvgIpc) is 2.46. The van der Waals surface area contributed by atoms with Crippen LogP contribution in [0.2, 0.25) is 5.02 Å². The van der Waals surface area contributed by atoms with Gasteiger partial charge in [-0.05, 0) is 18.2 Å². The Balaban J connectivity index is 2.67. The second-order valence-corrected chi connectivity index (χ2v) is 2.82. The number of oxazole rings is 1. The van der Waals surface area contributed by atoms with Crippen molar-refractivity contribution in [1.29, 1.82) is 0 Å². The number of hydrogen-bond donors (Lipinski definition) is 1. The highest BCUT2D eigenvalue weighted by atomic mass is 35.5. The number of rotatable bonds is 1. The molecule has 0 saturated carbocycles. The molecule has 1 aromatic carbocycles. The summed E-state index contributed by atoms with van der Waals surface area (Å²) in [6, 6.07) is 5.84. The first-order valence-electron chi connectivity index (χ1n) is 3.53.